The fourth-order valence-corrected chi connectivity index (χ4v) is 1.58. The molecule has 5 heteroatoms. The van der Waals surface area contributed by atoms with Crippen molar-refractivity contribution in [3.05, 3.63) is 24.3 Å². The smallest absolute Gasteiger partial charge is 0.220 e. The molecule has 4 N–H and O–H groups in total. The van der Waals surface area contributed by atoms with Gasteiger partial charge in [0, 0.05) is 13.1 Å². The van der Waals surface area contributed by atoms with Crippen LogP contribution in [-0.2, 0) is 4.79 Å². The van der Waals surface area contributed by atoms with Crippen LogP contribution in [0.15, 0.2) is 24.3 Å². The minimum Gasteiger partial charge on any atom is -0.491 e. The molecule has 17 heavy (non-hydrogen) atoms. The number of ether oxygens (including phenoxy) is 1. The third kappa shape index (κ3) is 3.35. The molecule has 0 atom stereocenters. The third-order valence-corrected chi connectivity index (χ3v) is 2.63. The number of para-hydroxylation sites is 2. The van der Waals surface area contributed by atoms with Crippen molar-refractivity contribution in [2.24, 2.45) is 5.73 Å². The van der Waals surface area contributed by atoms with Crippen LogP contribution in [0.5, 0.6) is 5.75 Å². The Balaban J connectivity index is 1.92. The first-order chi connectivity index (χ1) is 8.25. The molecule has 1 fully saturated rings. The molecule has 2 rings (SSSR count). The van der Waals surface area contributed by atoms with Crippen LogP contribution in [0.3, 0.4) is 0 Å². The predicted octanol–water partition coefficient (Wildman–Crippen LogP) is 0.324. The van der Waals surface area contributed by atoms with Crippen LogP contribution in [0.4, 0.5) is 5.69 Å². The second-order valence-electron chi connectivity index (χ2n) is 4.06. The van der Waals surface area contributed by atoms with Crippen molar-refractivity contribution in [2.45, 2.75) is 12.5 Å². The van der Waals surface area contributed by atoms with E-state index in [-0.39, 0.29) is 12.3 Å². The lowest BCUT2D eigenvalue weighted by Crippen LogP contribution is -2.51. The number of carbonyl (C=O) groups is 1. The number of nitrogens with one attached hydrogen (secondary N) is 2. The molecule has 1 aliphatic rings. The van der Waals surface area contributed by atoms with Gasteiger partial charge in [0.25, 0.3) is 0 Å². The van der Waals surface area contributed by atoms with Crippen molar-refractivity contribution in [1.29, 1.82) is 0 Å². The van der Waals surface area contributed by atoms with Crippen molar-refractivity contribution in [2.75, 3.05) is 25.0 Å². The Morgan fingerprint density at radius 3 is 2.88 bits per heavy atom. The molecule has 92 valence electrons. The number of carbonyl (C=O) groups excluding carboxylic acids is 1. The molecule has 0 aliphatic carbocycles. The fourth-order valence-electron chi connectivity index (χ4n) is 1.58. The summed E-state index contributed by atoms with van der Waals surface area (Å²) in [7, 11) is 0. The predicted molar refractivity (Wildman–Crippen MR) is 66.0 cm³/mol. The molecule has 1 aromatic carbocycles. The lowest BCUT2D eigenvalue weighted by molar-refractivity contribution is -0.118. The van der Waals surface area contributed by atoms with Crippen molar-refractivity contribution in [3.63, 3.8) is 0 Å². The average molecular weight is 235 g/mol. The summed E-state index contributed by atoms with van der Waals surface area (Å²) in [4.78, 5) is 10.6. The fraction of sp³-hybridized carbons (Fsp3) is 0.417. The van der Waals surface area contributed by atoms with Gasteiger partial charge in [0.2, 0.25) is 5.91 Å². The Morgan fingerprint density at radius 1 is 1.47 bits per heavy atom. The normalized spacial score (nSPS) is 15.1. The number of rotatable bonds is 6. The zero-order valence-corrected chi connectivity index (χ0v) is 9.61. The molecule has 5 nitrogen and oxygen atoms in total. The van der Waals surface area contributed by atoms with Crippen LogP contribution < -0.4 is 21.1 Å². The van der Waals surface area contributed by atoms with E-state index in [0.29, 0.717) is 12.6 Å². The maximum Gasteiger partial charge on any atom is 0.220 e. The highest BCUT2D eigenvalue weighted by Crippen LogP contribution is 2.25. The zero-order valence-electron chi connectivity index (χ0n) is 9.61. The maximum atomic E-state index is 10.6. The molecule has 1 heterocycles. The van der Waals surface area contributed by atoms with Gasteiger partial charge in [-0.1, -0.05) is 12.1 Å². The minimum absolute atomic E-state index is 0.235. The van der Waals surface area contributed by atoms with Gasteiger partial charge in [0.1, 0.15) is 5.75 Å². The van der Waals surface area contributed by atoms with Gasteiger partial charge >= 0.3 is 0 Å². The Labute approximate surface area is 100 Å². The second kappa shape index (κ2) is 5.54. The Kier molecular flexibility index (Phi) is 3.82. The molecular weight excluding hydrogens is 218 g/mol. The van der Waals surface area contributed by atoms with E-state index in [1.54, 1.807) is 0 Å². The summed E-state index contributed by atoms with van der Waals surface area (Å²) in [6, 6.07) is 8.17. The molecule has 0 bridgehead atoms. The van der Waals surface area contributed by atoms with E-state index in [4.69, 9.17) is 10.5 Å². The van der Waals surface area contributed by atoms with Crippen LogP contribution in [0.1, 0.15) is 6.42 Å². The molecule has 0 radical (unpaired) electrons. The van der Waals surface area contributed by atoms with Crippen molar-refractivity contribution in [3.8, 4) is 5.75 Å². The average Bonchev–Trinajstić information content (AvgIpc) is 2.25. The Bertz CT molecular complexity index is 391. The van der Waals surface area contributed by atoms with Crippen molar-refractivity contribution in [1.82, 2.24) is 5.32 Å². The molecule has 1 saturated heterocycles. The van der Waals surface area contributed by atoms with Gasteiger partial charge in [-0.25, -0.2) is 0 Å². The summed E-state index contributed by atoms with van der Waals surface area (Å²) >= 11 is 0. The van der Waals surface area contributed by atoms with E-state index in [1.807, 2.05) is 24.3 Å². The zero-order chi connectivity index (χ0) is 12.1. The van der Waals surface area contributed by atoms with E-state index < -0.39 is 0 Å². The van der Waals surface area contributed by atoms with Crippen LogP contribution in [0.25, 0.3) is 0 Å². The molecule has 1 amide bonds. The molecule has 1 aromatic rings. The molecule has 1 aliphatic heterocycles. The first-order valence-electron chi connectivity index (χ1n) is 5.73. The molecule has 0 saturated carbocycles. The first kappa shape index (κ1) is 11.7. The van der Waals surface area contributed by atoms with E-state index >= 15 is 0 Å². The Hall–Kier alpha value is -1.75. The summed E-state index contributed by atoms with van der Waals surface area (Å²) in [5.41, 5.74) is 6.02. The summed E-state index contributed by atoms with van der Waals surface area (Å²) in [5, 5.41) is 6.58. The monoisotopic (exact) mass is 235 g/mol. The number of primary amides is 1. The van der Waals surface area contributed by atoms with Crippen molar-refractivity contribution < 1.29 is 9.53 Å². The van der Waals surface area contributed by atoms with Crippen LogP contribution in [0, 0.1) is 0 Å². The van der Waals surface area contributed by atoms with E-state index in [1.165, 1.54) is 0 Å². The Morgan fingerprint density at radius 2 is 2.24 bits per heavy atom. The highest BCUT2D eigenvalue weighted by molar-refractivity contribution is 5.73. The lowest BCUT2D eigenvalue weighted by atomic mass is 10.1. The first-order valence-corrected chi connectivity index (χ1v) is 5.73. The highest BCUT2D eigenvalue weighted by Gasteiger charge is 2.17. The number of hydrogen-bond acceptors (Lipinski definition) is 4. The highest BCUT2D eigenvalue weighted by atomic mass is 16.5. The van der Waals surface area contributed by atoms with Gasteiger partial charge in [-0.05, 0) is 12.1 Å². The van der Waals surface area contributed by atoms with Gasteiger partial charge < -0.3 is 21.1 Å². The molecule has 0 aromatic heterocycles. The standard InChI is InChI=1S/C12H17N3O2/c13-12(16)5-6-17-11-4-2-1-3-10(11)15-9-7-14-8-9/h1-4,9,14-15H,5-8H2,(H2,13,16). The minimum atomic E-state index is -0.348. The number of anilines is 1. The van der Waals surface area contributed by atoms with Gasteiger partial charge in [-0.15, -0.1) is 0 Å². The van der Waals surface area contributed by atoms with Gasteiger partial charge in [0.15, 0.2) is 0 Å². The maximum absolute atomic E-state index is 10.6. The van der Waals surface area contributed by atoms with E-state index in [0.717, 1.165) is 24.5 Å². The molecule has 0 unspecified atom stereocenters. The summed E-state index contributed by atoms with van der Waals surface area (Å²) in [5.74, 6) is 0.416. The number of nitrogens with two attached hydrogens (primary N) is 1. The van der Waals surface area contributed by atoms with Crippen molar-refractivity contribution >= 4 is 11.6 Å². The summed E-state index contributed by atoms with van der Waals surface area (Å²) < 4.78 is 5.53. The van der Waals surface area contributed by atoms with Gasteiger partial charge in [-0.3, -0.25) is 4.79 Å². The summed E-state index contributed by atoms with van der Waals surface area (Å²) in [6.45, 7) is 2.25. The van der Waals surface area contributed by atoms with Crippen LogP contribution in [0.2, 0.25) is 0 Å². The molecular formula is C12H17N3O2. The van der Waals surface area contributed by atoms with Gasteiger partial charge in [0.05, 0.1) is 24.8 Å². The second-order valence-corrected chi connectivity index (χ2v) is 4.06. The largest absolute Gasteiger partial charge is 0.491 e. The van der Waals surface area contributed by atoms with Crippen LogP contribution >= 0.6 is 0 Å². The number of benzene rings is 1. The summed E-state index contributed by atoms with van der Waals surface area (Å²) in [6.07, 6.45) is 0.235. The topological polar surface area (TPSA) is 76.4 Å². The SMILES string of the molecule is NC(=O)CCOc1ccccc1NC1CNC1. The lowest BCUT2D eigenvalue weighted by Gasteiger charge is -2.29. The third-order valence-electron chi connectivity index (χ3n) is 2.63. The van der Waals surface area contributed by atoms with E-state index in [9.17, 15) is 4.79 Å². The van der Waals surface area contributed by atoms with Crippen LogP contribution in [-0.4, -0.2) is 31.6 Å². The van der Waals surface area contributed by atoms with Gasteiger partial charge in [-0.2, -0.15) is 0 Å². The number of hydrogen-bond donors (Lipinski definition) is 3. The quantitative estimate of drug-likeness (QED) is 0.664. The number of amides is 1. The van der Waals surface area contributed by atoms with E-state index in [2.05, 4.69) is 10.6 Å². The molecule has 0 spiro atoms.